The number of allylic oxidation sites excluding steroid dienone is 14. The maximum absolute atomic E-state index is 13.1. The number of aliphatic hydroxyl groups excluding tert-OH is 1. The van der Waals surface area contributed by atoms with Gasteiger partial charge in [-0.2, -0.15) is 0 Å². The van der Waals surface area contributed by atoms with Gasteiger partial charge in [-0.15, -0.1) is 0 Å². The van der Waals surface area contributed by atoms with Crippen LogP contribution in [-0.2, 0) is 65.4 Å². The average Bonchev–Trinajstić information content (AvgIpc) is 0.908. The number of esters is 4. The zero-order chi connectivity index (χ0) is 74.6. The van der Waals surface area contributed by atoms with Gasteiger partial charge in [0.15, 0.2) is 12.2 Å². The van der Waals surface area contributed by atoms with Crippen molar-refractivity contribution in [3.05, 3.63) is 85.1 Å². The van der Waals surface area contributed by atoms with Crippen LogP contribution in [0.5, 0.6) is 0 Å². The zero-order valence-corrected chi connectivity index (χ0v) is 66.6. The second kappa shape index (κ2) is 75.5. The Kier molecular flexibility index (Phi) is 72.7. The first-order valence-corrected chi connectivity index (χ1v) is 43.8. The molecular weight excluding hydrogens is 1330 g/mol. The largest absolute Gasteiger partial charge is 0.472 e. The number of hydrogen-bond acceptors (Lipinski definition) is 15. The van der Waals surface area contributed by atoms with Crippen molar-refractivity contribution >= 4 is 39.5 Å². The number of phosphoric acid groups is 2. The van der Waals surface area contributed by atoms with Crippen LogP contribution in [0, 0.1) is 0 Å². The molecule has 0 amide bonds. The van der Waals surface area contributed by atoms with Gasteiger partial charge in [-0.25, -0.2) is 9.13 Å². The first-order valence-electron chi connectivity index (χ1n) is 40.8. The molecule has 3 N–H and O–H groups in total. The van der Waals surface area contributed by atoms with E-state index in [1.807, 2.05) is 12.2 Å². The predicted molar refractivity (Wildman–Crippen MR) is 418 cm³/mol. The van der Waals surface area contributed by atoms with E-state index < -0.39 is 97.5 Å². The molecule has 0 aromatic rings. The highest BCUT2D eigenvalue weighted by Gasteiger charge is 2.30. The van der Waals surface area contributed by atoms with Gasteiger partial charge in [0, 0.05) is 25.7 Å². The molecule has 0 saturated heterocycles. The maximum atomic E-state index is 13.1. The van der Waals surface area contributed by atoms with Crippen molar-refractivity contribution in [2.75, 3.05) is 39.6 Å². The van der Waals surface area contributed by atoms with Gasteiger partial charge >= 0.3 is 39.5 Å². The van der Waals surface area contributed by atoms with Gasteiger partial charge < -0.3 is 33.8 Å². The Balaban J connectivity index is 5.39. The molecule has 17 nitrogen and oxygen atoms in total. The minimum Gasteiger partial charge on any atom is -0.462 e. The van der Waals surface area contributed by atoms with Crippen molar-refractivity contribution in [3.8, 4) is 0 Å². The van der Waals surface area contributed by atoms with Crippen molar-refractivity contribution in [1.29, 1.82) is 0 Å². The summed E-state index contributed by atoms with van der Waals surface area (Å²) in [6.07, 6.45) is 78.5. The molecule has 0 aliphatic heterocycles. The van der Waals surface area contributed by atoms with Crippen molar-refractivity contribution < 1.29 is 80.2 Å². The maximum Gasteiger partial charge on any atom is 0.472 e. The quantitative estimate of drug-likeness (QED) is 0.0169. The number of phosphoric ester groups is 2. The SMILES string of the molecule is CCCCC/C=C\C/C=C\C/C=C\C/C=C\C/C=C\CCC(=O)OC[C@H](COP(=O)(O)OC[C@@H](O)COP(=O)(O)OC[C@@H](COC(=O)CCCCCCC/C=C\CCCCCCCC)OC(=O)CCCCCCCCC/C=C\CCCCCC)OC(=O)CCCCCCCCCCCCCCC. The minimum absolute atomic E-state index is 0.0409. The summed E-state index contributed by atoms with van der Waals surface area (Å²) in [6.45, 7) is 4.79. The summed E-state index contributed by atoms with van der Waals surface area (Å²) in [6, 6.07) is 0. The molecule has 0 aromatic heterocycles. The van der Waals surface area contributed by atoms with Crippen molar-refractivity contribution in [2.45, 2.75) is 380 Å². The first kappa shape index (κ1) is 98.2. The molecule has 0 spiro atoms. The molecule has 0 aliphatic rings. The van der Waals surface area contributed by atoms with E-state index in [0.29, 0.717) is 32.1 Å². The summed E-state index contributed by atoms with van der Waals surface area (Å²) in [5.41, 5.74) is 0. The normalized spacial score (nSPS) is 14.3. The second-order valence-electron chi connectivity index (χ2n) is 27.4. The molecule has 19 heteroatoms. The number of rotatable bonds is 77. The third kappa shape index (κ3) is 74.5. The van der Waals surface area contributed by atoms with E-state index in [-0.39, 0.29) is 25.7 Å². The van der Waals surface area contributed by atoms with Crippen molar-refractivity contribution in [3.63, 3.8) is 0 Å². The number of hydrogen-bond donors (Lipinski definition) is 3. The topological polar surface area (TPSA) is 237 Å². The van der Waals surface area contributed by atoms with Gasteiger partial charge in [0.05, 0.1) is 26.4 Å². The van der Waals surface area contributed by atoms with Crippen molar-refractivity contribution in [1.82, 2.24) is 0 Å². The van der Waals surface area contributed by atoms with Gasteiger partial charge in [-0.1, -0.05) is 305 Å². The van der Waals surface area contributed by atoms with E-state index >= 15 is 0 Å². The Hall–Kier alpha value is -3.76. The molecule has 5 atom stereocenters. The standard InChI is InChI=1S/C83H148O17P2/c1-5-9-13-17-21-25-29-33-36-37-38-39-42-45-48-52-56-60-64-68-81(86)94-73-78(99-82(87)69-65-61-57-53-49-43-32-28-24-20-16-12-8-4)75-97-101(89,90)95-71-77(84)72-96-102(91,92)98-76-79(100-83(88)70-66-62-58-54-50-46-41-35-31-27-23-19-15-11-7-3)74-93-80(85)67-63-59-55-51-47-44-40-34-30-26-22-18-14-10-6-2/h21,25,27,31,33-34,36,38-40,45,48,56,60,77-79,84H,5-20,22-24,26,28-30,32,35,37,41-44,46-47,49-55,57-59,61-76H2,1-4H3,(H,89,90)(H,91,92)/b25-21-,31-27-,36-33-,39-38-,40-34-,48-45-,60-56-/t77-,78-,79-/m1/s1. The van der Waals surface area contributed by atoms with Gasteiger partial charge in [0.2, 0.25) is 0 Å². The fourth-order valence-electron chi connectivity index (χ4n) is 11.1. The number of carbonyl (C=O) groups is 4. The molecular formula is C83H148O17P2. The predicted octanol–water partition coefficient (Wildman–Crippen LogP) is 23.8. The zero-order valence-electron chi connectivity index (χ0n) is 64.8. The minimum atomic E-state index is -4.99. The lowest BCUT2D eigenvalue weighted by Crippen LogP contribution is -2.30. The molecule has 0 bridgehead atoms. The third-order valence-corrected chi connectivity index (χ3v) is 19.2. The van der Waals surface area contributed by atoms with Gasteiger partial charge in [0.1, 0.15) is 19.3 Å². The summed E-state index contributed by atoms with van der Waals surface area (Å²) in [5.74, 6) is -2.26. The van der Waals surface area contributed by atoms with Crippen LogP contribution in [0.1, 0.15) is 362 Å². The summed E-state index contributed by atoms with van der Waals surface area (Å²) in [5, 5.41) is 10.6. The van der Waals surface area contributed by atoms with Crippen LogP contribution in [0.3, 0.4) is 0 Å². The van der Waals surface area contributed by atoms with Crippen molar-refractivity contribution in [2.24, 2.45) is 0 Å². The van der Waals surface area contributed by atoms with Crippen LogP contribution < -0.4 is 0 Å². The van der Waals surface area contributed by atoms with Crippen LogP contribution in [0.2, 0.25) is 0 Å². The Morgan fingerprint density at radius 3 is 0.833 bits per heavy atom. The summed E-state index contributed by atoms with van der Waals surface area (Å²) in [4.78, 5) is 73.0. The summed E-state index contributed by atoms with van der Waals surface area (Å²) < 4.78 is 68.6. The van der Waals surface area contributed by atoms with Crippen LogP contribution in [0.15, 0.2) is 85.1 Å². The molecule has 102 heavy (non-hydrogen) atoms. The van der Waals surface area contributed by atoms with E-state index in [4.69, 9.17) is 37.0 Å². The van der Waals surface area contributed by atoms with Crippen LogP contribution in [0.25, 0.3) is 0 Å². The fraction of sp³-hybridized carbons (Fsp3) is 0.783. The highest BCUT2D eigenvalue weighted by molar-refractivity contribution is 7.47. The summed E-state index contributed by atoms with van der Waals surface area (Å²) in [7, 11) is -9.97. The van der Waals surface area contributed by atoms with E-state index in [9.17, 15) is 43.2 Å². The Morgan fingerprint density at radius 1 is 0.275 bits per heavy atom. The van der Waals surface area contributed by atoms with Crippen LogP contribution in [0.4, 0.5) is 0 Å². The van der Waals surface area contributed by atoms with Crippen LogP contribution in [-0.4, -0.2) is 96.7 Å². The van der Waals surface area contributed by atoms with E-state index in [2.05, 4.69) is 101 Å². The molecule has 0 fully saturated rings. The number of unbranched alkanes of at least 4 members (excludes halogenated alkanes) is 37. The summed E-state index contributed by atoms with van der Waals surface area (Å²) >= 11 is 0. The Morgan fingerprint density at radius 2 is 0.500 bits per heavy atom. The molecule has 0 saturated carbocycles. The van der Waals surface area contributed by atoms with E-state index in [0.717, 1.165) is 141 Å². The highest BCUT2D eigenvalue weighted by Crippen LogP contribution is 2.45. The average molecular weight is 1480 g/mol. The Labute approximate surface area is 621 Å². The lowest BCUT2D eigenvalue weighted by Gasteiger charge is -2.21. The molecule has 0 radical (unpaired) electrons. The molecule has 592 valence electrons. The monoisotopic (exact) mass is 1480 g/mol. The first-order chi connectivity index (χ1) is 49.7. The number of ether oxygens (including phenoxy) is 4. The molecule has 0 heterocycles. The van der Waals surface area contributed by atoms with Gasteiger partial charge in [0.25, 0.3) is 0 Å². The van der Waals surface area contributed by atoms with E-state index in [1.54, 1.807) is 0 Å². The molecule has 0 rings (SSSR count). The Bertz CT molecular complexity index is 2260. The van der Waals surface area contributed by atoms with Gasteiger partial charge in [-0.3, -0.25) is 37.3 Å². The third-order valence-electron chi connectivity index (χ3n) is 17.3. The van der Waals surface area contributed by atoms with Crippen LogP contribution >= 0.6 is 15.6 Å². The molecule has 0 aliphatic carbocycles. The molecule has 2 unspecified atom stereocenters. The lowest BCUT2D eigenvalue weighted by molar-refractivity contribution is -0.161. The number of carbonyl (C=O) groups excluding carboxylic acids is 4. The lowest BCUT2D eigenvalue weighted by atomic mass is 10.0. The second-order valence-corrected chi connectivity index (χ2v) is 30.3. The highest BCUT2D eigenvalue weighted by atomic mass is 31.2. The van der Waals surface area contributed by atoms with Gasteiger partial charge in [-0.05, 0) is 116 Å². The molecule has 0 aromatic carbocycles. The smallest absolute Gasteiger partial charge is 0.462 e. The fourth-order valence-corrected chi connectivity index (χ4v) is 12.7. The number of aliphatic hydroxyl groups is 1. The van der Waals surface area contributed by atoms with E-state index in [1.165, 1.54) is 135 Å².